The Labute approximate surface area is 168 Å². The Hall–Kier alpha value is -2.69. The molecular weight excluding hydrogens is 346 g/mol. The first kappa shape index (κ1) is 20.1. The normalized spacial score (nSPS) is 11.1. The molecule has 0 saturated carbocycles. The zero-order chi connectivity index (χ0) is 20.3. The summed E-state index contributed by atoms with van der Waals surface area (Å²) in [6, 6.07) is 8.75. The van der Waals surface area contributed by atoms with E-state index >= 15 is 0 Å². The van der Waals surface area contributed by atoms with Gasteiger partial charge in [0.25, 0.3) is 0 Å². The molecule has 0 saturated heterocycles. The van der Waals surface area contributed by atoms with Crippen molar-refractivity contribution in [3.05, 3.63) is 47.8 Å². The Morgan fingerprint density at radius 3 is 2.21 bits per heavy atom. The van der Waals surface area contributed by atoms with Gasteiger partial charge in [0.2, 0.25) is 0 Å². The summed E-state index contributed by atoms with van der Waals surface area (Å²) in [4.78, 5) is 4.94. The molecule has 0 fully saturated rings. The van der Waals surface area contributed by atoms with Crippen molar-refractivity contribution in [2.75, 3.05) is 37.1 Å². The second kappa shape index (κ2) is 8.55. The standard InChI is InChI=1S/C23H32N5/c1-7-8-9-10-18-11-15(2)27-23-19(12-16(3)28(18)23)22-20(25-5)13-17(24-4)14-21(22)26-6/h8,11-14,24-26H,7,9-10H2,1-6H3. The predicted octanol–water partition coefficient (Wildman–Crippen LogP) is 5.29. The fraction of sp³-hybridized carbons (Fsp3) is 0.391. The van der Waals surface area contributed by atoms with E-state index in [1.807, 2.05) is 21.1 Å². The van der Waals surface area contributed by atoms with Crippen molar-refractivity contribution in [1.82, 2.24) is 9.38 Å². The number of nitrogens with one attached hydrogen (secondary N) is 3. The van der Waals surface area contributed by atoms with E-state index in [0.717, 1.165) is 58.8 Å². The van der Waals surface area contributed by atoms with E-state index in [4.69, 9.17) is 4.98 Å². The molecular formula is C23H32N5. The van der Waals surface area contributed by atoms with Crippen LogP contribution < -0.4 is 16.0 Å². The van der Waals surface area contributed by atoms with Gasteiger partial charge in [-0.3, -0.25) is 0 Å². The van der Waals surface area contributed by atoms with Gasteiger partial charge in [-0.25, -0.2) is 4.98 Å². The van der Waals surface area contributed by atoms with Crippen molar-refractivity contribution in [3.8, 4) is 11.1 Å². The van der Waals surface area contributed by atoms with Gasteiger partial charge in [-0.15, -0.1) is 0 Å². The third-order valence-electron chi connectivity index (χ3n) is 5.23. The van der Waals surface area contributed by atoms with Crippen LogP contribution in [0.15, 0.2) is 24.3 Å². The molecule has 2 aromatic heterocycles. The Bertz CT molecular complexity index is 946. The molecule has 0 bridgehead atoms. The van der Waals surface area contributed by atoms with Crippen LogP contribution in [0, 0.1) is 20.3 Å². The molecule has 3 aromatic rings. The van der Waals surface area contributed by atoms with Gasteiger partial charge in [-0.2, -0.15) is 0 Å². The van der Waals surface area contributed by atoms with E-state index in [0.29, 0.717) is 0 Å². The second-order valence-corrected chi connectivity index (χ2v) is 7.18. The van der Waals surface area contributed by atoms with Crippen LogP contribution in [0.25, 0.3) is 16.8 Å². The molecule has 0 amide bonds. The number of unbranched alkanes of at least 4 members (excludes halogenated alkanes) is 2. The van der Waals surface area contributed by atoms with E-state index in [1.54, 1.807) is 0 Å². The van der Waals surface area contributed by atoms with Crippen molar-refractivity contribution in [1.29, 1.82) is 0 Å². The van der Waals surface area contributed by atoms with Gasteiger partial charge < -0.3 is 20.4 Å². The predicted molar refractivity (Wildman–Crippen MR) is 122 cm³/mol. The minimum Gasteiger partial charge on any atom is -0.388 e. The molecule has 5 nitrogen and oxygen atoms in total. The lowest BCUT2D eigenvalue weighted by atomic mass is 10.0. The van der Waals surface area contributed by atoms with Crippen LogP contribution in [-0.2, 0) is 6.42 Å². The molecule has 2 heterocycles. The van der Waals surface area contributed by atoms with E-state index in [2.05, 4.69) is 71.8 Å². The van der Waals surface area contributed by atoms with E-state index in [1.165, 1.54) is 11.4 Å². The quantitative estimate of drug-likeness (QED) is 0.466. The number of aromatic nitrogens is 2. The molecule has 0 unspecified atom stereocenters. The minimum atomic E-state index is 1.02. The average molecular weight is 379 g/mol. The molecule has 1 aromatic carbocycles. The highest BCUT2D eigenvalue weighted by Crippen LogP contribution is 2.41. The van der Waals surface area contributed by atoms with Crippen molar-refractivity contribution in [3.63, 3.8) is 0 Å². The smallest absolute Gasteiger partial charge is 0.145 e. The van der Waals surface area contributed by atoms with Crippen molar-refractivity contribution in [2.24, 2.45) is 0 Å². The van der Waals surface area contributed by atoms with Crippen molar-refractivity contribution >= 4 is 22.7 Å². The van der Waals surface area contributed by atoms with E-state index in [-0.39, 0.29) is 0 Å². The lowest BCUT2D eigenvalue weighted by Gasteiger charge is -2.17. The van der Waals surface area contributed by atoms with Crippen LogP contribution in [0.2, 0.25) is 0 Å². The summed E-state index contributed by atoms with van der Waals surface area (Å²) in [6.45, 7) is 6.45. The zero-order valence-corrected chi connectivity index (χ0v) is 17.9. The Morgan fingerprint density at radius 1 is 0.964 bits per heavy atom. The lowest BCUT2D eigenvalue weighted by Crippen LogP contribution is -2.04. The first-order chi connectivity index (χ1) is 13.5. The number of nitrogens with zero attached hydrogens (tertiary/aromatic N) is 2. The van der Waals surface area contributed by atoms with Crippen LogP contribution in [0.1, 0.15) is 36.8 Å². The van der Waals surface area contributed by atoms with Gasteiger partial charge in [0.05, 0.1) is 0 Å². The number of aryl methyl sites for hydroxylation is 3. The first-order valence-electron chi connectivity index (χ1n) is 10.1. The van der Waals surface area contributed by atoms with Crippen LogP contribution in [0.5, 0.6) is 0 Å². The maximum Gasteiger partial charge on any atom is 0.145 e. The molecule has 0 aliphatic heterocycles. The van der Waals surface area contributed by atoms with Crippen LogP contribution in [-0.4, -0.2) is 30.5 Å². The summed E-state index contributed by atoms with van der Waals surface area (Å²) in [5.74, 6) is 0. The number of hydrogen-bond donors (Lipinski definition) is 3. The number of benzene rings is 1. The van der Waals surface area contributed by atoms with Gasteiger partial charge in [0.1, 0.15) is 5.65 Å². The Balaban J connectivity index is 2.25. The molecule has 0 atom stereocenters. The number of anilines is 3. The molecule has 28 heavy (non-hydrogen) atoms. The third kappa shape index (κ3) is 3.66. The van der Waals surface area contributed by atoms with E-state index in [9.17, 15) is 0 Å². The lowest BCUT2D eigenvalue weighted by molar-refractivity contribution is 0.820. The first-order valence-corrected chi connectivity index (χ1v) is 10.1. The molecule has 5 heteroatoms. The summed E-state index contributed by atoms with van der Waals surface area (Å²) < 4.78 is 2.32. The van der Waals surface area contributed by atoms with Crippen molar-refractivity contribution < 1.29 is 0 Å². The zero-order valence-electron chi connectivity index (χ0n) is 17.9. The Kier molecular flexibility index (Phi) is 6.12. The highest BCUT2D eigenvalue weighted by Gasteiger charge is 2.19. The fourth-order valence-electron chi connectivity index (χ4n) is 3.90. The summed E-state index contributed by atoms with van der Waals surface area (Å²) in [5, 5.41) is 9.97. The van der Waals surface area contributed by atoms with Gasteiger partial charge in [0, 0.05) is 66.4 Å². The molecule has 0 aliphatic carbocycles. The Morgan fingerprint density at radius 2 is 1.64 bits per heavy atom. The largest absolute Gasteiger partial charge is 0.388 e. The molecule has 0 spiro atoms. The monoisotopic (exact) mass is 378 g/mol. The van der Waals surface area contributed by atoms with Gasteiger partial charge in [-0.1, -0.05) is 13.3 Å². The third-order valence-corrected chi connectivity index (χ3v) is 5.23. The van der Waals surface area contributed by atoms with Crippen molar-refractivity contribution in [2.45, 2.75) is 40.0 Å². The fourth-order valence-corrected chi connectivity index (χ4v) is 3.90. The molecule has 149 valence electrons. The molecule has 3 rings (SSSR count). The van der Waals surface area contributed by atoms with Gasteiger partial charge in [0.15, 0.2) is 0 Å². The number of fused-ring (bicyclic) bond motifs is 1. The average Bonchev–Trinajstić information content (AvgIpc) is 3.02. The number of rotatable bonds is 8. The summed E-state index contributed by atoms with van der Waals surface area (Å²) >= 11 is 0. The van der Waals surface area contributed by atoms with Crippen LogP contribution in [0.4, 0.5) is 17.1 Å². The topological polar surface area (TPSA) is 53.4 Å². The summed E-state index contributed by atoms with van der Waals surface area (Å²) in [7, 11) is 5.87. The molecule has 3 N–H and O–H groups in total. The minimum absolute atomic E-state index is 1.02. The van der Waals surface area contributed by atoms with Crippen LogP contribution in [0.3, 0.4) is 0 Å². The SMILES string of the molecule is CC[CH]CCc1cc(C)nc2c(-c3c(NC)cc(NC)cc3NC)cc(C)n12. The molecule has 1 radical (unpaired) electrons. The van der Waals surface area contributed by atoms with Crippen LogP contribution >= 0.6 is 0 Å². The highest BCUT2D eigenvalue weighted by atomic mass is 15.0. The second-order valence-electron chi connectivity index (χ2n) is 7.18. The maximum absolute atomic E-state index is 4.94. The van der Waals surface area contributed by atoms with E-state index < -0.39 is 0 Å². The van der Waals surface area contributed by atoms with Gasteiger partial charge >= 0.3 is 0 Å². The number of hydrogen-bond acceptors (Lipinski definition) is 4. The maximum atomic E-state index is 4.94. The summed E-state index contributed by atoms with van der Waals surface area (Å²) in [6.07, 6.45) is 5.57. The molecule has 0 aliphatic rings. The summed E-state index contributed by atoms with van der Waals surface area (Å²) in [5.41, 5.74) is 10.1. The highest BCUT2D eigenvalue weighted by molar-refractivity contribution is 5.97. The van der Waals surface area contributed by atoms with Gasteiger partial charge in [-0.05, 0) is 57.4 Å².